The standard InChI is InChI=1S/C11H22N2O/c12-8-10-2-1-3-11(10)9-13-4-6-14-7-5-13/h10-11H,1-9,12H2. The van der Waals surface area contributed by atoms with Crippen LogP contribution < -0.4 is 5.73 Å². The molecule has 2 N–H and O–H groups in total. The number of nitrogens with two attached hydrogens (primary N) is 1. The minimum absolute atomic E-state index is 0.790. The Labute approximate surface area is 86.6 Å². The quantitative estimate of drug-likeness (QED) is 0.725. The Morgan fingerprint density at radius 3 is 2.57 bits per heavy atom. The van der Waals surface area contributed by atoms with Gasteiger partial charge in [-0.05, 0) is 31.2 Å². The zero-order chi connectivity index (χ0) is 9.80. The van der Waals surface area contributed by atoms with Crippen molar-refractivity contribution in [1.29, 1.82) is 0 Å². The van der Waals surface area contributed by atoms with E-state index in [9.17, 15) is 0 Å². The van der Waals surface area contributed by atoms with Crippen molar-refractivity contribution in [1.82, 2.24) is 4.90 Å². The molecule has 0 aromatic carbocycles. The predicted molar refractivity (Wildman–Crippen MR) is 57.1 cm³/mol. The van der Waals surface area contributed by atoms with Gasteiger partial charge in [0, 0.05) is 19.6 Å². The molecular weight excluding hydrogens is 176 g/mol. The Morgan fingerprint density at radius 2 is 1.86 bits per heavy atom. The summed E-state index contributed by atoms with van der Waals surface area (Å²) in [6.45, 7) is 6.21. The van der Waals surface area contributed by atoms with Crippen LogP contribution in [0.2, 0.25) is 0 Å². The molecule has 2 atom stereocenters. The van der Waals surface area contributed by atoms with E-state index in [1.165, 1.54) is 25.8 Å². The molecule has 1 aliphatic carbocycles. The Hall–Kier alpha value is -0.120. The van der Waals surface area contributed by atoms with Crippen LogP contribution in [-0.4, -0.2) is 44.3 Å². The summed E-state index contributed by atoms with van der Waals surface area (Å²) in [7, 11) is 0. The van der Waals surface area contributed by atoms with Crippen molar-refractivity contribution in [2.45, 2.75) is 19.3 Å². The number of hydrogen-bond donors (Lipinski definition) is 1. The van der Waals surface area contributed by atoms with E-state index in [1.807, 2.05) is 0 Å². The second-order valence-electron chi connectivity index (χ2n) is 4.60. The number of nitrogens with zero attached hydrogens (tertiary/aromatic N) is 1. The normalized spacial score (nSPS) is 34.9. The molecule has 2 fully saturated rings. The number of morpholine rings is 1. The molecule has 0 radical (unpaired) electrons. The van der Waals surface area contributed by atoms with Crippen LogP contribution in [0.3, 0.4) is 0 Å². The monoisotopic (exact) mass is 198 g/mol. The summed E-state index contributed by atoms with van der Waals surface area (Å²) in [5.74, 6) is 1.65. The number of rotatable bonds is 3. The average Bonchev–Trinajstić information content (AvgIpc) is 2.67. The summed E-state index contributed by atoms with van der Waals surface area (Å²) in [5, 5.41) is 0. The van der Waals surface area contributed by atoms with Gasteiger partial charge < -0.3 is 10.5 Å². The lowest BCUT2D eigenvalue weighted by Crippen LogP contribution is -2.40. The molecular formula is C11H22N2O. The molecule has 3 nitrogen and oxygen atoms in total. The van der Waals surface area contributed by atoms with Crippen LogP contribution in [0.4, 0.5) is 0 Å². The van der Waals surface area contributed by atoms with Gasteiger partial charge in [0.2, 0.25) is 0 Å². The Bertz CT molecular complexity index is 169. The van der Waals surface area contributed by atoms with Gasteiger partial charge >= 0.3 is 0 Å². The van der Waals surface area contributed by atoms with Crippen molar-refractivity contribution in [3.63, 3.8) is 0 Å². The molecule has 0 aromatic rings. The molecule has 0 bridgehead atoms. The molecule has 2 aliphatic rings. The van der Waals surface area contributed by atoms with Crippen molar-refractivity contribution in [2.75, 3.05) is 39.4 Å². The summed E-state index contributed by atoms with van der Waals surface area (Å²) in [5.41, 5.74) is 5.79. The summed E-state index contributed by atoms with van der Waals surface area (Å²) in [6.07, 6.45) is 4.13. The van der Waals surface area contributed by atoms with Gasteiger partial charge in [-0.1, -0.05) is 6.42 Å². The van der Waals surface area contributed by atoms with Crippen LogP contribution in [0.1, 0.15) is 19.3 Å². The van der Waals surface area contributed by atoms with E-state index in [4.69, 9.17) is 10.5 Å². The third-order valence-corrected chi connectivity index (χ3v) is 3.72. The Kier molecular flexibility index (Phi) is 3.79. The van der Waals surface area contributed by atoms with Gasteiger partial charge in [-0.15, -0.1) is 0 Å². The first-order valence-corrected chi connectivity index (χ1v) is 5.90. The van der Waals surface area contributed by atoms with E-state index in [1.54, 1.807) is 0 Å². The molecule has 1 aliphatic heterocycles. The van der Waals surface area contributed by atoms with Gasteiger partial charge in [0.25, 0.3) is 0 Å². The van der Waals surface area contributed by atoms with Crippen LogP contribution in [0.25, 0.3) is 0 Å². The van der Waals surface area contributed by atoms with Gasteiger partial charge in [-0.2, -0.15) is 0 Å². The van der Waals surface area contributed by atoms with E-state index in [2.05, 4.69) is 4.90 Å². The maximum absolute atomic E-state index is 5.79. The van der Waals surface area contributed by atoms with Crippen molar-refractivity contribution in [3.8, 4) is 0 Å². The third-order valence-electron chi connectivity index (χ3n) is 3.72. The van der Waals surface area contributed by atoms with Crippen molar-refractivity contribution in [3.05, 3.63) is 0 Å². The van der Waals surface area contributed by atoms with Crippen LogP contribution in [0.5, 0.6) is 0 Å². The molecule has 0 spiro atoms. The highest BCUT2D eigenvalue weighted by atomic mass is 16.5. The smallest absolute Gasteiger partial charge is 0.0594 e. The lowest BCUT2D eigenvalue weighted by Gasteiger charge is -2.30. The maximum atomic E-state index is 5.79. The number of ether oxygens (including phenoxy) is 1. The molecule has 0 amide bonds. The minimum Gasteiger partial charge on any atom is -0.379 e. The summed E-state index contributed by atoms with van der Waals surface area (Å²) in [4.78, 5) is 2.54. The topological polar surface area (TPSA) is 38.5 Å². The molecule has 0 aromatic heterocycles. The molecule has 3 heteroatoms. The average molecular weight is 198 g/mol. The van der Waals surface area contributed by atoms with Gasteiger partial charge in [0.1, 0.15) is 0 Å². The lowest BCUT2D eigenvalue weighted by molar-refractivity contribution is 0.0280. The second-order valence-corrected chi connectivity index (χ2v) is 4.60. The molecule has 14 heavy (non-hydrogen) atoms. The van der Waals surface area contributed by atoms with Gasteiger partial charge in [0.05, 0.1) is 13.2 Å². The highest BCUT2D eigenvalue weighted by Gasteiger charge is 2.27. The molecule has 2 rings (SSSR count). The summed E-state index contributed by atoms with van der Waals surface area (Å²) >= 11 is 0. The lowest BCUT2D eigenvalue weighted by atomic mass is 9.95. The minimum atomic E-state index is 0.790. The van der Waals surface area contributed by atoms with Crippen LogP contribution in [-0.2, 0) is 4.74 Å². The maximum Gasteiger partial charge on any atom is 0.0594 e. The van der Waals surface area contributed by atoms with E-state index >= 15 is 0 Å². The molecule has 2 unspecified atom stereocenters. The Balaban J connectivity index is 1.77. The van der Waals surface area contributed by atoms with Crippen LogP contribution in [0.15, 0.2) is 0 Å². The van der Waals surface area contributed by atoms with E-state index < -0.39 is 0 Å². The zero-order valence-corrected chi connectivity index (χ0v) is 8.95. The summed E-state index contributed by atoms with van der Waals surface area (Å²) < 4.78 is 5.35. The first-order chi connectivity index (χ1) is 6.90. The molecule has 1 saturated carbocycles. The fourth-order valence-electron chi connectivity index (χ4n) is 2.78. The second kappa shape index (κ2) is 5.10. The van der Waals surface area contributed by atoms with Crippen molar-refractivity contribution in [2.24, 2.45) is 17.6 Å². The van der Waals surface area contributed by atoms with E-state index in [-0.39, 0.29) is 0 Å². The summed E-state index contributed by atoms with van der Waals surface area (Å²) in [6, 6.07) is 0. The van der Waals surface area contributed by atoms with Crippen LogP contribution in [0, 0.1) is 11.8 Å². The highest BCUT2D eigenvalue weighted by molar-refractivity contribution is 4.81. The first kappa shape index (κ1) is 10.4. The van der Waals surface area contributed by atoms with Gasteiger partial charge in [-0.3, -0.25) is 4.90 Å². The third kappa shape index (κ3) is 2.47. The van der Waals surface area contributed by atoms with Crippen molar-refractivity contribution < 1.29 is 4.74 Å². The number of hydrogen-bond acceptors (Lipinski definition) is 3. The highest BCUT2D eigenvalue weighted by Crippen LogP contribution is 2.31. The SMILES string of the molecule is NCC1CCCC1CN1CCOCC1. The fourth-order valence-corrected chi connectivity index (χ4v) is 2.78. The molecule has 1 heterocycles. The zero-order valence-electron chi connectivity index (χ0n) is 8.95. The van der Waals surface area contributed by atoms with E-state index in [0.717, 1.165) is 44.7 Å². The fraction of sp³-hybridized carbons (Fsp3) is 1.00. The van der Waals surface area contributed by atoms with E-state index in [0.29, 0.717) is 0 Å². The van der Waals surface area contributed by atoms with Crippen molar-refractivity contribution >= 4 is 0 Å². The molecule has 82 valence electrons. The molecule has 1 saturated heterocycles. The Morgan fingerprint density at radius 1 is 1.14 bits per heavy atom. The van der Waals surface area contributed by atoms with Crippen LogP contribution >= 0.6 is 0 Å². The first-order valence-electron chi connectivity index (χ1n) is 5.90. The van der Waals surface area contributed by atoms with Gasteiger partial charge in [0.15, 0.2) is 0 Å². The largest absolute Gasteiger partial charge is 0.379 e. The predicted octanol–water partition coefficient (Wildman–Crippen LogP) is 0.694. The van der Waals surface area contributed by atoms with Gasteiger partial charge in [-0.25, -0.2) is 0 Å².